The van der Waals surface area contributed by atoms with Gasteiger partial charge in [0.2, 0.25) is 0 Å². The number of ether oxygens (including phenoxy) is 4. The van der Waals surface area contributed by atoms with Gasteiger partial charge in [0.15, 0.2) is 5.11 Å². The van der Waals surface area contributed by atoms with Crippen LogP contribution in [0.1, 0.15) is 18.5 Å². The van der Waals surface area contributed by atoms with E-state index in [9.17, 15) is 4.79 Å². The number of nitrogens with zero attached hydrogens (tertiary/aromatic N) is 1. The molecule has 0 aliphatic carbocycles. The van der Waals surface area contributed by atoms with E-state index in [1.165, 1.54) is 0 Å². The molecule has 0 spiro atoms. The monoisotopic (exact) mass is 380 g/mol. The van der Waals surface area contributed by atoms with E-state index in [2.05, 4.69) is 5.32 Å². The number of nitrogens with one attached hydrogen (secondary N) is 1. The van der Waals surface area contributed by atoms with Gasteiger partial charge in [-0.2, -0.15) is 0 Å². The van der Waals surface area contributed by atoms with Crippen molar-refractivity contribution in [3.63, 3.8) is 0 Å². The smallest absolute Gasteiger partial charge is 0.338 e. The molecular weight excluding hydrogens is 356 g/mol. The molecule has 8 heteroatoms. The summed E-state index contributed by atoms with van der Waals surface area (Å²) >= 11 is 5.40. The predicted octanol–water partition coefficient (Wildman–Crippen LogP) is 2.03. The molecular formula is C18H24N2O5S. The van der Waals surface area contributed by atoms with Gasteiger partial charge in [0, 0.05) is 31.5 Å². The summed E-state index contributed by atoms with van der Waals surface area (Å²) in [6.45, 7) is 2.34. The molecule has 1 unspecified atom stereocenters. The molecule has 0 bridgehead atoms. The van der Waals surface area contributed by atoms with Crippen molar-refractivity contribution in [2.75, 3.05) is 41.6 Å². The molecule has 1 heterocycles. The van der Waals surface area contributed by atoms with Crippen LogP contribution in [0.25, 0.3) is 0 Å². The molecule has 1 aliphatic rings. The number of rotatable bonds is 7. The van der Waals surface area contributed by atoms with Crippen molar-refractivity contribution >= 4 is 23.3 Å². The topological polar surface area (TPSA) is 69.3 Å². The van der Waals surface area contributed by atoms with Gasteiger partial charge in [0.25, 0.3) is 0 Å². The van der Waals surface area contributed by atoms with Crippen molar-refractivity contribution in [1.29, 1.82) is 0 Å². The second kappa shape index (κ2) is 8.86. The fourth-order valence-corrected chi connectivity index (χ4v) is 2.94. The van der Waals surface area contributed by atoms with Crippen LogP contribution in [0.15, 0.2) is 29.5 Å². The second-order valence-electron chi connectivity index (χ2n) is 5.68. The molecule has 26 heavy (non-hydrogen) atoms. The zero-order valence-corrected chi connectivity index (χ0v) is 16.4. The Morgan fingerprint density at radius 1 is 1.23 bits per heavy atom. The first-order chi connectivity index (χ1) is 12.4. The highest BCUT2D eigenvalue weighted by Gasteiger charge is 2.35. The third kappa shape index (κ3) is 4.08. The number of allylic oxidation sites excluding steroid dienone is 1. The maximum absolute atomic E-state index is 12.7. The second-order valence-corrected chi connectivity index (χ2v) is 6.06. The van der Waals surface area contributed by atoms with Crippen LogP contribution in [0.5, 0.6) is 11.5 Å². The van der Waals surface area contributed by atoms with Gasteiger partial charge in [0.1, 0.15) is 18.1 Å². The Bertz CT molecular complexity index is 720. The zero-order valence-electron chi connectivity index (χ0n) is 15.6. The van der Waals surface area contributed by atoms with Crippen molar-refractivity contribution < 1.29 is 23.7 Å². The number of esters is 1. The summed E-state index contributed by atoms with van der Waals surface area (Å²) < 4.78 is 21.0. The van der Waals surface area contributed by atoms with Crippen LogP contribution >= 0.6 is 12.2 Å². The SMILES string of the molecule is COCCOC(=O)C1=C(C)N(C)C(=S)NC1c1ccc(OC)cc1OC. The summed E-state index contributed by atoms with van der Waals surface area (Å²) in [5, 5.41) is 3.71. The number of carbonyl (C=O) groups excluding carboxylic acids is 1. The fourth-order valence-electron chi connectivity index (χ4n) is 2.69. The minimum atomic E-state index is -0.491. The van der Waals surface area contributed by atoms with E-state index in [4.69, 9.17) is 31.2 Å². The molecule has 7 nitrogen and oxygen atoms in total. The molecule has 0 amide bonds. The summed E-state index contributed by atoms with van der Waals surface area (Å²) in [6, 6.07) is 4.93. The lowest BCUT2D eigenvalue weighted by Gasteiger charge is -2.35. The quantitative estimate of drug-likeness (QED) is 0.438. The molecule has 0 aromatic heterocycles. The van der Waals surface area contributed by atoms with Gasteiger partial charge in [-0.25, -0.2) is 4.79 Å². The Morgan fingerprint density at radius 3 is 2.58 bits per heavy atom. The molecule has 1 aromatic carbocycles. The number of thiocarbonyl (C=S) groups is 1. The van der Waals surface area contributed by atoms with Crippen LogP contribution in [0.2, 0.25) is 0 Å². The van der Waals surface area contributed by atoms with Crippen LogP contribution < -0.4 is 14.8 Å². The van der Waals surface area contributed by atoms with Crippen molar-refractivity contribution in [3.05, 3.63) is 35.0 Å². The van der Waals surface area contributed by atoms with E-state index >= 15 is 0 Å². The number of hydrogen-bond acceptors (Lipinski definition) is 6. The van der Waals surface area contributed by atoms with Crippen LogP contribution in [-0.2, 0) is 14.3 Å². The maximum atomic E-state index is 12.7. The standard InChI is InChI=1S/C18H24N2O5S/c1-11-15(17(21)25-9-8-22-3)16(19-18(26)20(11)2)13-7-6-12(23-4)10-14(13)24-5/h6-7,10,16H,8-9H2,1-5H3,(H,19,26). The molecule has 0 radical (unpaired) electrons. The Balaban J connectivity index is 2.47. The Labute approximate surface area is 158 Å². The summed E-state index contributed by atoms with van der Waals surface area (Å²) in [5.74, 6) is 0.819. The van der Waals surface area contributed by atoms with Crippen LogP contribution in [0.3, 0.4) is 0 Å². The molecule has 0 saturated heterocycles. The Hall–Kier alpha value is -2.32. The molecule has 1 aliphatic heterocycles. The number of carbonyl (C=O) groups is 1. The van der Waals surface area contributed by atoms with Gasteiger partial charge in [0.05, 0.1) is 32.4 Å². The normalized spacial score (nSPS) is 17.0. The predicted molar refractivity (Wildman–Crippen MR) is 101 cm³/mol. The lowest BCUT2D eigenvalue weighted by Crippen LogP contribution is -2.46. The van der Waals surface area contributed by atoms with E-state index in [0.29, 0.717) is 28.8 Å². The molecule has 142 valence electrons. The number of benzene rings is 1. The van der Waals surface area contributed by atoms with Gasteiger partial charge in [-0.1, -0.05) is 0 Å². The Kier molecular flexibility index (Phi) is 6.82. The summed E-state index contributed by atoms with van der Waals surface area (Å²) in [7, 11) is 6.51. The molecule has 0 saturated carbocycles. The first-order valence-electron chi connectivity index (χ1n) is 8.07. The van der Waals surface area contributed by atoms with Crippen LogP contribution in [-0.4, -0.2) is 57.6 Å². The maximum Gasteiger partial charge on any atom is 0.338 e. The lowest BCUT2D eigenvalue weighted by atomic mass is 9.94. The van der Waals surface area contributed by atoms with Gasteiger partial charge < -0.3 is 29.2 Å². The van der Waals surface area contributed by atoms with Gasteiger partial charge in [-0.3, -0.25) is 0 Å². The third-order valence-corrected chi connectivity index (χ3v) is 4.64. The van der Waals surface area contributed by atoms with E-state index in [-0.39, 0.29) is 6.61 Å². The highest BCUT2D eigenvalue weighted by atomic mass is 32.1. The van der Waals surface area contributed by atoms with E-state index in [1.807, 2.05) is 19.1 Å². The first kappa shape index (κ1) is 20.0. The molecule has 1 aromatic rings. The molecule has 2 rings (SSSR count). The van der Waals surface area contributed by atoms with Crippen molar-refractivity contribution in [3.8, 4) is 11.5 Å². The van der Waals surface area contributed by atoms with Crippen molar-refractivity contribution in [2.24, 2.45) is 0 Å². The average Bonchev–Trinajstić information content (AvgIpc) is 2.65. The minimum absolute atomic E-state index is 0.173. The molecule has 1 N–H and O–H groups in total. The van der Waals surface area contributed by atoms with E-state index < -0.39 is 12.0 Å². The highest BCUT2D eigenvalue weighted by molar-refractivity contribution is 7.80. The van der Waals surface area contributed by atoms with Crippen LogP contribution in [0, 0.1) is 0 Å². The van der Waals surface area contributed by atoms with Crippen molar-refractivity contribution in [1.82, 2.24) is 10.2 Å². The highest BCUT2D eigenvalue weighted by Crippen LogP contribution is 2.37. The minimum Gasteiger partial charge on any atom is -0.497 e. The van der Waals surface area contributed by atoms with Crippen LogP contribution in [0.4, 0.5) is 0 Å². The van der Waals surface area contributed by atoms with E-state index in [0.717, 1.165) is 11.3 Å². The molecule has 1 atom stereocenters. The average molecular weight is 380 g/mol. The largest absolute Gasteiger partial charge is 0.497 e. The third-order valence-electron chi connectivity index (χ3n) is 4.25. The molecule has 0 fully saturated rings. The fraction of sp³-hybridized carbons (Fsp3) is 0.444. The lowest BCUT2D eigenvalue weighted by molar-refractivity contribution is -0.140. The van der Waals surface area contributed by atoms with E-state index in [1.54, 1.807) is 39.3 Å². The van der Waals surface area contributed by atoms with Crippen molar-refractivity contribution in [2.45, 2.75) is 13.0 Å². The summed E-state index contributed by atoms with van der Waals surface area (Å²) in [5.41, 5.74) is 1.96. The number of methoxy groups -OCH3 is 3. The van der Waals surface area contributed by atoms with Gasteiger partial charge >= 0.3 is 5.97 Å². The summed E-state index contributed by atoms with van der Waals surface area (Å²) in [6.07, 6.45) is 0. The van der Waals surface area contributed by atoms with Gasteiger partial charge in [-0.15, -0.1) is 0 Å². The zero-order chi connectivity index (χ0) is 19.3. The summed E-state index contributed by atoms with van der Waals surface area (Å²) in [4.78, 5) is 14.5. The van der Waals surface area contributed by atoms with Gasteiger partial charge in [-0.05, 0) is 31.3 Å². The number of hydrogen-bond donors (Lipinski definition) is 1. The first-order valence-corrected chi connectivity index (χ1v) is 8.48. The Morgan fingerprint density at radius 2 is 1.96 bits per heavy atom.